The zero-order valence-corrected chi connectivity index (χ0v) is 5.07. The summed E-state index contributed by atoms with van der Waals surface area (Å²) in [5, 5.41) is 0. The summed E-state index contributed by atoms with van der Waals surface area (Å²) in [5.74, 6) is 0. The second-order valence-electron chi connectivity index (χ2n) is 1.56. The van der Waals surface area contributed by atoms with Crippen LogP contribution in [-0.2, 0) is 4.74 Å². The van der Waals surface area contributed by atoms with Crippen LogP contribution in [0.3, 0.4) is 0 Å². The average Bonchev–Trinajstić information content (AvgIpc) is 2.37. The molecule has 0 saturated carbocycles. The highest BCUT2D eigenvalue weighted by molar-refractivity contribution is 6.15. The van der Waals surface area contributed by atoms with Crippen molar-refractivity contribution in [2.24, 2.45) is 4.99 Å². The van der Waals surface area contributed by atoms with E-state index in [1.165, 1.54) is 11.7 Å². The number of aliphatic imine (C=N–C) groups is 1. The van der Waals surface area contributed by atoms with Crippen molar-refractivity contribution in [3.8, 4) is 0 Å². The van der Waals surface area contributed by atoms with Crippen LogP contribution in [0.1, 0.15) is 0 Å². The van der Waals surface area contributed by atoms with E-state index in [0.717, 1.165) is 0 Å². The number of rotatable bonds is 0. The number of methoxy groups -OCH3 is 1. The molecule has 0 fully saturated rings. The summed E-state index contributed by atoms with van der Waals surface area (Å²) < 4.78 is 5.78. The third-order valence-corrected chi connectivity index (χ3v) is 0.995. The molecule has 0 aliphatic carbocycles. The van der Waals surface area contributed by atoms with E-state index >= 15 is 0 Å². The molecule has 0 aromatic heterocycles. The Balaban J connectivity index is 2.55. The fourth-order valence-corrected chi connectivity index (χ4v) is 0.546. The summed E-state index contributed by atoms with van der Waals surface area (Å²) in [6.07, 6.45) is 2.77. The van der Waals surface area contributed by atoms with Crippen LogP contribution in [0, 0.1) is 0 Å². The predicted octanol–water partition coefficient (Wildman–Crippen LogP) is -0.122. The van der Waals surface area contributed by atoms with Gasteiger partial charge in [0.2, 0.25) is 6.67 Å². The summed E-state index contributed by atoms with van der Waals surface area (Å²) in [6.45, 7) is 0.382. The Morgan fingerprint density at radius 1 is 1.89 bits per heavy atom. The predicted molar refractivity (Wildman–Crippen MR) is 32.1 cm³/mol. The molecular weight excluding hydrogens is 120 g/mol. The zero-order chi connectivity index (χ0) is 6.69. The standard InChI is InChI=1S/C5H7N2O2/c1-9-5(8)7-3-2-6-4-7/h2-3H,4H2,1H3/q+1. The summed E-state index contributed by atoms with van der Waals surface area (Å²) in [7, 11) is 1.34. The maximum absolute atomic E-state index is 10.6. The van der Waals surface area contributed by atoms with Gasteiger partial charge in [-0.3, -0.25) is 0 Å². The lowest BCUT2D eigenvalue weighted by Gasteiger charge is -1.88. The van der Waals surface area contributed by atoms with Gasteiger partial charge in [0, 0.05) is 0 Å². The van der Waals surface area contributed by atoms with Gasteiger partial charge in [-0.15, -0.1) is 4.58 Å². The Morgan fingerprint density at radius 2 is 2.67 bits per heavy atom. The van der Waals surface area contributed by atoms with E-state index in [2.05, 4.69) is 9.73 Å². The lowest BCUT2D eigenvalue weighted by atomic mass is 10.8. The first kappa shape index (κ1) is 5.94. The van der Waals surface area contributed by atoms with Crippen LogP contribution < -0.4 is 0 Å². The van der Waals surface area contributed by atoms with Gasteiger partial charge in [-0.05, 0) is 0 Å². The molecule has 1 aliphatic heterocycles. The fourth-order valence-electron chi connectivity index (χ4n) is 0.546. The third-order valence-electron chi connectivity index (χ3n) is 0.995. The van der Waals surface area contributed by atoms with E-state index in [9.17, 15) is 4.79 Å². The summed E-state index contributed by atoms with van der Waals surface area (Å²) in [4.78, 5) is 14.4. The van der Waals surface area contributed by atoms with Crippen LogP contribution in [0.15, 0.2) is 4.99 Å². The van der Waals surface area contributed by atoms with Crippen LogP contribution in [0.4, 0.5) is 4.79 Å². The molecule has 0 atom stereocenters. The first-order valence-electron chi connectivity index (χ1n) is 2.52. The van der Waals surface area contributed by atoms with E-state index in [1.807, 2.05) is 0 Å². The Bertz CT molecular complexity index is 183. The van der Waals surface area contributed by atoms with Gasteiger partial charge in [-0.1, -0.05) is 0 Å². The zero-order valence-electron chi connectivity index (χ0n) is 5.07. The van der Waals surface area contributed by atoms with E-state index in [-0.39, 0.29) is 6.09 Å². The third kappa shape index (κ3) is 1.13. The molecule has 0 bridgehead atoms. The van der Waals surface area contributed by atoms with Crippen molar-refractivity contribution in [1.82, 2.24) is 0 Å². The van der Waals surface area contributed by atoms with Crippen molar-refractivity contribution >= 4 is 18.5 Å². The molecule has 0 unspecified atom stereocenters. The number of amides is 1. The van der Waals surface area contributed by atoms with Crippen LogP contribution in [0.2, 0.25) is 0 Å². The van der Waals surface area contributed by atoms with Crippen LogP contribution in [0.25, 0.3) is 0 Å². The van der Waals surface area contributed by atoms with Gasteiger partial charge < -0.3 is 4.74 Å². The molecule has 4 nitrogen and oxygen atoms in total. The van der Waals surface area contributed by atoms with Crippen molar-refractivity contribution in [2.45, 2.75) is 0 Å². The molecular formula is C5H7N2O2+. The highest BCUT2D eigenvalue weighted by atomic mass is 16.5. The number of hydrogen-bond acceptors (Lipinski definition) is 3. The summed E-state index contributed by atoms with van der Waals surface area (Å²) in [5.41, 5.74) is 0. The molecule has 1 amide bonds. The molecule has 0 aromatic rings. The second-order valence-corrected chi connectivity index (χ2v) is 1.56. The van der Waals surface area contributed by atoms with Gasteiger partial charge in [-0.25, -0.2) is 4.99 Å². The highest BCUT2D eigenvalue weighted by Gasteiger charge is 2.18. The Labute approximate surface area is 52.5 Å². The lowest BCUT2D eigenvalue weighted by Crippen LogP contribution is -2.18. The smallest absolute Gasteiger partial charge is 0.415 e. The topological polar surface area (TPSA) is 41.7 Å². The van der Waals surface area contributed by atoms with Gasteiger partial charge in [0.05, 0.1) is 13.3 Å². The highest BCUT2D eigenvalue weighted by Crippen LogP contribution is 1.85. The van der Waals surface area contributed by atoms with Gasteiger partial charge in [0.25, 0.3) is 0 Å². The lowest BCUT2D eigenvalue weighted by molar-refractivity contribution is -0.433. The second kappa shape index (κ2) is 2.39. The molecule has 0 spiro atoms. The molecule has 4 heteroatoms. The SMILES string of the molecule is COC(=O)[N+]1=CC=NC1. The monoisotopic (exact) mass is 127 g/mol. The van der Waals surface area contributed by atoms with Gasteiger partial charge in [-0.2, -0.15) is 4.79 Å². The average molecular weight is 127 g/mol. The minimum atomic E-state index is -0.368. The number of nitrogens with zero attached hydrogens (tertiary/aromatic N) is 2. The first-order valence-corrected chi connectivity index (χ1v) is 2.52. The maximum atomic E-state index is 10.6. The number of ether oxygens (including phenoxy) is 1. The summed E-state index contributed by atoms with van der Waals surface area (Å²) >= 11 is 0. The van der Waals surface area contributed by atoms with E-state index in [4.69, 9.17) is 0 Å². The Hall–Kier alpha value is -1.19. The van der Waals surface area contributed by atoms with Crippen LogP contribution in [0.5, 0.6) is 0 Å². The van der Waals surface area contributed by atoms with Crippen molar-refractivity contribution < 1.29 is 14.1 Å². The fraction of sp³-hybridized carbons (Fsp3) is 0.400. The quantitative estimate of drug-likeness (QED) is 0.425. The molecule has 48 valence electrons. The summed E-state index contributed by atoms with van der Waals surface area (Å²) in [6, 6.07) is 0. The molecule has 1 heterocycles. The van der Waals surface area contributed by atoms with Crippen molar-refractivity contribution in [3.63, 3.8) is 0 Å². The molecule has 9 heavy (non-hydrogen) atoms. The van der Waals surface area contributed by atoms with Crippen molar-refractivity contribution in [2.75, 3.05) is 13.8 Å². The molecule has 0 aromatic carbocycles. The van der Waals surface area contributed by atoms with E-state index in [0.29, 0.717) is 6.67 Å². The molecule has 0 N–H and O–H groups in total. The van der Waals surface area contributed by atoms with E-state index < -0.39 is 0 Å². The van der Waals surface area contributed by atoms with Crippen LogP contribution in [-0.4, -0.2) is 36.9 Å². The Kier molecular flexibility index (Phi) is 1.58. The van der Waals surface area contributed by atoms with Gasteiger partial charge in [0.1, 0.15) is 0 Å². The minimum absolute atomic E-state index is 0.368. The number of hydrogen-bond donors (Lipinski definition) is 0. The maximum Gasteiger partial charge on any atom is 0.597 e. The molecule has 0 radical (unpaired) electrons. The Morgan fingerprint density at radius 3 is 3.11 bits per heavy atom. The normalized spacial score (nSPS) is 15.4. The minimum Gasteiger partial charge on any atom is -0.415 e. The van der Waals surface area contributed by atoms with Gasteiger partial charge in [0.15, 0.2) is 6.21 Å². The molecule has 1 rings (SSSR count). The molecule has 0 saturated heterocycles. The number of carbonyl (C=O) groups excluding carboxylic acids is 1. The largest absolute Gasteiger partial charge is 0.597 e. The molecule has 1 aliphatic rings. The first-order chi connectivity index (χ1) is 4.34. The van der Waals surface area contributed by atoms with E-state index in [1.54, 1.807) is 12.4 Å². The van der Waals surface area contributed by atoms with Crippen molar-refractivity contribution in [1.29, 1.82) is 0 Å². The van der Waals surface area contributed by atoms with Gasteiger partial charge >= 0.3 is 6.09 Å². The van der Waals surface area contributed by atoms with Crippen LogP contribution >= 0.6 is 0 Å². The number of carbonyl (C=O) groups is 1. The van der Waals surface area contributed by atoms with Crippen molar-refractivity contribution in [3.05, 3.63) is 0 Å².